The minimum absolute atomic E-state index is 0.160. The molecule has 0 radical (unpaired) electrons. The van der Waals surface area contributed by atoms with Crippen LogP contribution in [0.2, 0.25) is 0 Å². The van der Waals surface area contributed by atoms with Gasteiger partial charge < -0.3 is 10.5 Å². The zero-order valence-electron chi connectivity index (χ0n) is 9.85. The molecule has 2 fully saturated rings. The number of anilines is 1. The molecule has 0 aromatic carbocycles. The predicted octanol–water partition coefficient (Wildman–Crippen LogP) is 2.89. The van der Waals surface area contributed by atoms with Gasteiger partial charge >= 0.3 is 0 Å². The molecule has 3 nitrogen and oxygen atoms in total. The standard InChI is InChI=1S/C12H18N2OS2/c13-11-14-8-10(17-11)9-1-4-15-12(7-9)2-5-16-6-3-12/h8-9H,1-7H2,(H2,13,14). The van der Waals surface area contributed by atoms with Gasteiger partial charge in [0.2, 0.25) is 0 Å². The molecule has 0 amide bonds. The Hall–Kier alpha value is -0.260. The highest BCUT2D eigenvalue weighted by atomic mass is 32.2. The van der Waals surface area contributed by atoms with E-state index in [2.05, 4.69) is 16.7 Å². The summed E-state index contributed by atoms with van der Waals surface area (Å²) in [5, 5.41) is 0.694. The number of aromatic nitrogens is 1. The minimum atomic E-state index is 0.160. The number of nitrogens with zero attached hydrogens (tertiary/aromatic N) is 1. The Labute approximate surface area is 110 Å². The quantitative estimate of drug-likeness (QED) is 0.852. The third-order valence-electron chi connectivity index (χ3n) is 3.84. The molecular formula is C12H18N2OS2. The van der Waals surface area contributed by atoms with Crippen LogP contribution in [0.1, 0.15) is 36.5 Å². The lowest BCUT2D eigenvalue weighted by atomic mass is 9.81. The number of hydrogen-bond donors (Lipinski definition) is 1. The maximum absolute atomic E-state index is 6.10. The van der Waals surface area contributed by atoms with Crippen molar-refractivity contribution in [1.82, 2.24) is 4.98 Å². The fourth-order valence-electron chi connectivity index (χ4n) is 2.85. The first-order valence-corrected chi connectivity index (χ1v) is 8.17. The molecule has 0 saturated carbocycles. The minimum Gasteiger partial charge on any atom is -0.375 e. The van der Waals surface area contributed by atoms with Crippen molar-refractivity contribution in [2.75, 3.05) is 23.8 Å². The van der Waals surface area contributed by atoms with Crippen LogP contribution < -0.4 is 5.73 Å². The average molecular weight is 270 g/mol. The Morgan fingerprint density at radius 3 is 2.94 bits per heavy atom. The zero-order chi connectivity index (χ0) is 11.7. The van der Waals surface area contributed by atoms with Crippen LogP contribution >= 0.6 is 23.1 Å². The lowest BCUT2D eigenvalue weighted by Gasteiger charge is -2.43. The third-order valence-corrected chi connectivity index (χ3v) is 5.82. The highest BCUT2D eigenvalue weighted by molar-refractivity contribution is 7.99. The summed E-state index contributed by atoms with van der Waals surface area (Å²) in [5.74, 6) is 3.11. The molecule has 17 heavy (non-hydrogen) atoms. The summed E-state index contributed by atoms with van der Waals surface area (Å²) >= 11 is 3.70. The Kier molecular flexibility index (Phi) is 3.32. The number of thioether (sulfide) groups is 1. The molecule has 1 aromatic rings. The third kappa shape index (κ3) is 2.46. The van der Waals surface area contributed by atoms with Crippen molar-refractivity contribution in [3.05, 3.63) is 11.1 Å². The van der Waals surface area contributed by atoms with Gasteiger partial charge in [0.15, 0.2) is 5.13 Å². The number of hydrogen-bond acceptors (Lipinski definition) is 5. The lowest BCUT2D eigenvalue weighted by Crippen LogP contribution is -2.42. The second kappa shape index (κ2) is 4.78. The predicted molar refractivity (Wildman–Crippen MR) is 73.7 cm³/mol. The summed E-state index contributed by atoms with van der Waals surface area (Å²) in [7, 11) is 0. The molecule has 0 aliphatic carbocycles. The smallest absolute Gasteiger partial charge is 0.180 e. The maximum atomic E-state index is 6.10. The molecule has 1 atom stereocenters. The normalized spacial score (nSPS) is 28.4. The van der Waals surface area contributed by atoms with Crippen molar-refractivity contribution in [3.8, 4) is 0 Å². The van der Waals surface area contributed by atoms with Gasteiger partial charge in [-0.15, -0.1) is 11.3 Å². The monoisotopic (exact) mass is 270 g/mol. The van der Waals surface area contributed by atoms with Crippen molar-refractivity contribution >= 4 is 28.2 Å². The summed E-state index contributed by atoms with van der Waals surface area (Å²) < 4.78 is 6.10. The topological polar surface area (TPSA) is 48.1 Å². The van der Waals surface area contributed by atoms with E-state index in [0.29, 0.717) is 11.0 Å². The molecular weight excluding hydrogens is 252 g/mol. The van der Waals surface area contributed by atoms with Crippen molar-refractivity contribution in [2.45, 2.75) is 37.2 Å². The molecule has 2 aliphatic heterocycles. The van der Waals surface area contributed by atoms with E-state index < -0.39 is 0 Å². The number of nitrogens with two attached hydrogens (primary N) is 1. The molecule has 3 heterocycles. The molecule has 2 saturated heterocycles. The first kappa shape index (κ1) is 11.8. The van der Waals surface area contributed by atoms with Crippen LogP contribution in [0, 0.1) is 0 Å². The highest BCUT2D eigenvalue weighted by Gasteiger charge is 2.39. The van der Waals surface area contributed by atoms with Crippen molar-refractivity contribution in [2.24, 2.45) is 0 Å². The first-order chi connectivity index (χ1) is 8.27. The second-order valence-corrected chi connectivity index (χ2v) is 7.25. The van der Waals surface area contributed by atoms with Crippen LogP contribution in [0.3, 0.4) is 0 Å². The molecule has 2 aliphatic rings. The number of ether oxygens (including phenoxy) is 1. The maximum Gasteiger partial charge on any atom is 0.180 e. The van der Waals surface area contributed by atoms with Crippen LogP contribution in [0.25, 0.3) is 0 Å². The first-order valence-electron chi connectivity index (χ1n) is 6.20. The van der Waals surface area contributed by atoms with Crippen molar-refractivity contribution < 1.29 is 4.74 Å². The van der Waals surface area contributed by atoms with E-state index in [-0.39, 0.29) is 5.60 Å². The van der Waals surface area contributed by atoms with Gasteiger partial charge in [-0.1, -0.05) is 0 Å². The van der Waals surface area contributed by atoms with Gasteiger partial charge in [-0.25, -0.2) is 4.98 Å². The number of nitrogen functional groups attached to an aromatic ring is 1. The van der Waals surface area contributed by atoms with Gasteiger partial charge in [-0.05, 0) is 43.1 Å². The van der Waals surface area contributed by atoms with Gasteiger partial charge in [0.25, 0.3) is 0 Å². The van der Waals surface area contributed by atoms with E-state index >= 15 is 0 Å². The van der Waals surface area contributed by atoms with E-state index in [1.165, 1.54) is 29.2 Å². The van der Waals surface area contributed by atoms with Gasteiger partial charge in [-0.3, -0.25) is 0 Å². The van der Waals surface area contributed by atoms with Crippen LogP contribution in [-0.2, 0) is 4.74 Å². The van der Waals surface area contributed by atoms with Crippen LogP contribution in [-0.4, -0.2) is 28.7 Å². The van der Waals surface area contributed by atoms with E-state index in [9.17, 15) is 0 Å². The second-order valence-electron chi connectivity index (χ2n) is 4.93. The Morgan fingerprint density at radius 2 is 2.24 bits per heavy atom. The SMILES string of the molecule is Nc1ncc(C2CCOC3(CCSCC3)C2)s1. The van der Waals surface area contributed by atoms with Gasteiger partial charge in [0.1, 0.15) is 0 Å². The number of thiazole rings is 1. The molecule has 1 unspecified atom stereocenters. The van der Waals surface area contributed by atoms with Gasteiger partial charge in [0.05, 0.1) is 5.60 Å². The molecule has 0 bridgehead atoms. The molecule has 5 heteroatoms. The van der Waals surface area contributed by atoms with Gasteiger partial charge in [-0.2, -0.15) is 11.8 Å². The van der Waals surface area contributed by atoms with E-state index in [0.717, 1.165) is 19.4 Å². The fourth-order valence-corrected chi connectivity index (χ4v) is 4.91. The molecule has 1 spiro atoms. The molecule has 2 N–H and O–H groups in total. The van der Waals surface area contributed by atoms with Crippen molar-refractivity contribution in [1.29, 1.82) is 0 Å². The average Bonchev–Trinajstić information content (AvgIpc) is 2.77. The Bertz CT molecular complexity index is 382. The van der Waals surface area contributed by atoms with Crippen molar-refractivity contribution in [3.63, 3.8) is 0 Å². The Balaban J connectivity index is 1.74. The molecule has 3 rings (SSSR count). The van der Waals surface area contributed by atoms with Crippen LogP contribution in [0.5, 0.6) is 0 Å². The zero-order valence-corrected chi connectivity index (χ0v) is 11.5. The fraction of sp³-hybridized carbons (Fsp3) is 0.750. The molecule has 1 aromatic heterocycles. The Morgan fingerprint density at radius 1 is 1.41 bits per heavy atom. The molecule has 94 valence electrons. The lowest BCUT2D eigenvalue weighted by molar-refractivity contribution is -0.0898. The van der Waals surface area contributed by atoms with E-state index in [1.807, 2.05) is 6.20 Å². The number of rotatable bonds is 1. The van der Waals surface area contributed by atoms with Crippen LogP contribution in [0.15, 0.2) is 6.20 Å². The summed E-state index contributed by atoms with van der Waals surface area (Å²) in [6.07, 6.45) is 6.66. The largest absolute Gasteiger partial charge is 0.375 e. The summed E-state index contributed by atoms with van der Waals surface area (Å²) in [6, 6.07) is 0. The summed E-state index contributed by atoms with van der Waals surface area (Å²) in [6.45, 7) is 0.896. The van der Waals surface area contributed by atoms with E-state index in [1.54, 1.807) is 11.3 Å². The van der Waals surface area contributed by atoms with Gasteiger partial charge in [0, 0.05) is 17.7 Å². The highest BCUT2D eigenvalue weighted by Crippen LogP contribution is 2.44. The summed E-state index contributed by atoms with van der Waals surface area (Å²) in [5.41, 5.74) is 5.89. The van der Waals surface area contributed by atoms with E-state index in [4.69, 9.17) is 10.5 Å². The summed E-state index contributed by atoms with van der Waals surface area (Å²) in [4.78, 5) is 5.53. The van der Waals surface area contributed by atoms with Crippen LogP contribution in [0.4, 0.5) is 5.13 Å².